The summed E-state index contributed by atoms with van der Waals surface area (Å²) in [5.41, 5.74) is 7.62. The van der Waals surface area contributed by atoms with Crippen molar-refractivity contribution < 1.29 is 4.39 Å². The van der Waals surface area contributed by atoms with Gasteiger partial charge in [0.15, 0.2) is 0 Å². The van der Waals surface area contributed by atoms with E-state index in [4.69, 9.17) is 5.73 Å². The third kappa shape index (κ3) is 3.34. The van der Waals surface area contributed by atoms with E-state index in [-0.39, 0.29) is 11.4 Å². The SMILES string of the molecule is C[C@@H]1CN(c2cc(F)c(Br)cc2N)C[C@H](C)N1C(C)(C)C. The molecule has 0 aromatic heterocycles. The number of nitrogen functional groups attached to an aromatic ring is 1. The first-order chi connectivity index (χ1) is 9.61. The third-order valence-corrected chi connectivity index (χ3v) is 4.71. The second kappa shape index (κ2) is 5.76. The van der Waals surface area contributed by atoms with Crippen LogP contribution in [0.4, 0.5) is 15.8 Å². The van der Waals surface area contributed by atoms with E-state index < -0.39 is 0 Å². The van der Waals surface area contributed by atoms with Crippen LogP contribution in [-0.2, 0) is 0 Å². The molecule has 1 fully saturated rings. The first-order valence-corrected chi connectivity index (χ1v) is 8.18. The Morgan fingerprint density at radius 1 is 1.19 bits per heavy atom. The lowest BCUT2D eigenvalue weighted by Crippen LogP contribution is -2.62. The van der Waals surface area contributed by atoms with Gasteiger partial charge >= 0.3 is 0 Å². The van der Waals surface area contributed by atoms with Gasteiger partial charge in [0, 0.05) is 36.8 Å². The second-order valence-electron chi connectivity index (χ2n) is 7.01. The van der Waals surface area contributed by atoms with Gasteiger partial charge in [-0.15, -0.1) is 0 Å². The number of benzene rings is 1. The molecule has 1 aromatic carbocycles. The van der Waals surface area contributed by atoms with E-state index in [1.807, 2.05) is 0 Å². The summed E-state index contributed by atoms with van der Waals surface area (Å²) in [6.07, 6.45) is 0. The van der Waals surface area contributed by atoms with Gasteiger partial charge in [0.1, 0.15) is 5.82 Å². The number of anilines is 2. The van der Waals surface area contributed by atoms with Crippen LogP contribution in [0.25, 0.3) is 0 Å². The maximum Gasteiger partial charge on any atom is 0.139 e. The Bertz CT molecular complexity index is 515. The van der Waals surface area contributed by atoms with E-state index in [1.165, 1.54) is 6.07 Å². The summed E-state index contributed by atoms with van der Waals surface area (Å²) < 4.78 is 14.2. The summed E-state index contributed by atoms with van der Waals surface area (Å²) in [4.78, 5) is 4.72. The molecule has 1 aliphatic heterocycles. The zero-order valence-corrected chi connectivity index (χ0v) is 15.0. The fraction of sp³-hybridized carbons (Fsp3) is 0.625. The molecule has 0 amide bonds. The lowest BCUT2D eigenvalue weighted by Gasteiger charge is -2.51. The van der Waals surface area contributed by atoms with E-state index in [2.05, 4.69) is 60.3 Å². The van der Waals surface area contributed by atoms with Gasteiger partial charge < -0.3 is 10.6 Å². The van der Waals surface area contributed by atoms with Gasteiger partial charge in [0.25, 0.3) is 0 Å². The van der Waals surface area contributed by atoms with Gasteiger partial charge in [-0.2, -0.15) is 0 Å². The number of hydrogen-bond donors (Lipinski definition) is 1. The van der Waals surface area contributed by atoms with Gasteiger partial charge in [-0.3, -0.25) is 4.90 Å². The van der Waals surface area contributed by atoms with Crippen LogP contribution in [0.5, 0.6) is 0 Å². The van der Waals surface area contributed by atoms with Crippen LogP contribution in [0.3, 0.4) is 0 Å². The van der Waals surface area contributed by atoms with Gasteiger partial charge in [-0.1, -0.05) is 0 Å². The molecule has 0 aliphatic carbocycles. The van der Waals surface area contributed by atoms with Crippen LogP contribution in [0.15, 0.2) is 16.6 Å². The Balaban J connectivity index is 2.28. The standard InChI is InChI=1S/C16H25BrFN3/c1-10-8-20(9-11(2)21(10)16(3,4)5)15-7-13(18)12(17)6-14(15)19/h6-7,10-11H,8-9,19H2,1-5H3/t10-,11+. The lowest BCUT2D eigenvalue weighted by molar-refractivity contribution is 0.0361. The minimum atomic E-state index is -0.266. The molecule has 21 heavy (non-hydrogen) atoms. The van der Waals surface area contributed by atoms with Crippen molar-refractivity contribution in [3.05, 3.63) is 22.4 Å². The highest BCUT2D eigenvalue weighted by atomic mass is 79.9. The van der Waals surface area contributed by atoms with Crippen molar-refractivity contribution in [2.75, 3.05) is 23.7 Å². The molecule has 2 atom stereocenters. The zero-order chi connectivity index (χ0) is 15.9. The van der Waals surface area contributed by atoms with Crippen molar-refractivity contribution in [1.29, 1.82) is 0 Å². The molecule has 2 N–H and O–H groups in total. The molecule has 0 spiro atoms. The van der Waals surface area contributed by atoms with Crippen LogP contribution < -0.4 is 10.6 Å². The van der Waals surface area contributed by atoms with Crippen molar-refractivity contribution in [2.45, 2.75) is 52.2 Å². The van der Waals surface area contributed by atoms with E-state index in [1.54, 1.807) is 6.07 Å². The fourth-order valence-corrected chi connectivity index (χ4v) is 4.03. The number of rotatable bonds is 1. The number of hydrogen-bond acceptors (Lipinski definition) is 3. The Hall–Kier alpha value is -0.810. The maximum atomic E-state index is 13.8. The first-order valence-electron chi connectivity index (χ1n) is 7.39. The molecule has 1 aromatic rings. The van der Waals surface area contributed by atoms with Crippen LogP contribution >= 0.6 is 15.9 Å². The highest BCUT2D eigenvalue weighted by molar-refractivity contribution is 9.10. The number of nitrogens with two attached hydrogens (primary N) is 1. The summed E-state index contributed by atoms with van der Waals surface area (Å²) in [7, 11) is 0. The highest BCUT2D eigenvalue weighted by Gasteiger charge is 2.36. The quantitative estimate of drug-likeness (QED) is 0.774. The minimum Gasteiger partial charge on any atom is -0.397 e. The smallest absolute Gasteiger partial charge is 0.139 e. The topological polar surface area (TPSA) is 32.5 Å². The molecule has 3 nitrogen and oxygen atoms in total. The molecule has 1 heterocycles. The molecule has 0 bridgehead atoms. The average molecular weight is 358 g/mol. The largest absolute Gasteiger partial charge is 0.397 e. The second-order valence-corrected chi connectivity index (χ2v) is 7.86. The van der Waals surface area contributed by atoms with Crippen LogP contribution in [0.2, 0.25) is 0 Å². The molecule has 0 saturated carbocycles. The molecule has 5 heteroatoms. The molecular weight excluding hydrogens is 333 g/mol. The molecule has 1 saturated heterocycles. The Morgan fingerprint density at radius 3 is 2.19 bits per heavy atom. The summed E-state index contributed by atoms with van der Waals surface area (Å²) in [6.45, 7) is 12.9. The van der Waals surface area contributed by atoms with Crippen molar-refractivity contribution >= 4 is 27.3 Å². The maximum absolute atomic E-state index is 13.8. The van der Waals surface area contributed by atoms with Crippen LogP contribution in [0.1, 0.15) is 34.6 Å². The van der Waals surface area contributed by atoms with Crippen LogP contribution in [0, 0.1) is 5.82 Å². The summed E-state index contributed by atoms with van der Waals surface area (Å²) in [5.74, 6) is -0.266. The van der Waals surface area contributed by atoms with E-state index >= 15 is 0 Å². The summed E-state index contributed by atoms with van der Waals surface area (Å²) >= 11 is 3.18. The molecule has 2 rings (SSSR count). The van der Waals surface area contributed by atoms with Gasteiger partial charge in [0.05, 0.1) is 15.8 Å². The van der Waals surface area contributed by atoms with Crippen molar-refractivity contribution in [3.63, 3.8) is 0 Å². The highest BCUT2D eigenvalue weighted by Crippen LogP contribution is 2.33. The van der Waals surface area contributed by atoms with E-state index in [9.17, 15) is 4.39 Å². The monoisotopic (exact) mass is 357 g/mol. The molecule has 0 unspecified atom stereocenters. The van der Waals surface area contributed by atoms with E-state index in [0.717, 1.165) is 18.8 Å². The van der Waals surface area contributed by atoms with Crippen molar-refractivity contribution in [3.8, 4) is 0 Å². The lowest BCUT2D eigenvalue weighted by atomic mass is 9.96. The Kier molecular flexibility index (Phi) is 4.54. The summed E-state index contributed by atoms with van der Waals surface area (Å²) in [6, 6.07) is 3.96. The number of halogens is 2. The first kappa shape index (κ1) is 16.6. The normalized spacial score (nSPS) is 24.4. The zero-order valence-electron chi connectivity index (χ0n) is 13.5. The fourth-order valence-electron chi connectivity index (χ4n) is 3.67. The predicted molar refractivity (Wildman–Crippen MR) is 91.2 cm³/mol. The molecule has 118 valence electrons. The Morgan fingerprint density at radius 2 is 1.71 bits per heavy atom. The number of nitrogens with zero attached hydrogens (tertiary/aromatic N) is 2. The minimum absolute atomic E-state index is 0.126. The van der Waals surface area contributed by atoms with Crippen molar-refractivity contribution in [1.82, 2.24) is 4.90 Å². The Labute approximate surface area is 135 Å². The average Bonchev–Trinajstić information content (AvgIpc) is 2.30. The summed E-state index contributed by atoms with van der Waals surface area (Å²) in [5, 5.41) is 0. The van der Waals surface area contributed by atoms with Crippen molar-refractivity contribution in [2.24, 2.45) is 0 Å². The van der Waals surface area contributed by atoms with Crippen LogP contribution in [-0.4, -0.2) is 35.6 Å². The number of piperazine rings is 1. The van der Waals surface area contributed by atoms with Gasteiger partial charge in [-0.05, 0) is 56.6 Å². The third-order valence-electron chi connectivity index (χ3n) is 4.10. The molecule has 0 radical (unpaired) electrons. The van der Waals surface area contributed by atoms with E-state index in [0.29, 0.717) is 22.2 Å². The predicted octanol–water partition coefficient (Wildman–Crippen LogP) is 3.87. The molecule has 1 aliphatic rings. The molecular formula is C16H25BrFN3. The van der Waals surface area contributed by atoms with Gasteiger partial charge in [0.2, 0.25) is 0 Å². The van der Waals surface area contributed by atoms with Gasteiger partial charge in [-0.25, -0.2) is 4.39 Å².